The lowest BCUT2D eigenvalue weighted by Gasteiger charge is -2.08. The molecule has 0 amide bonds. The van der Waals surface area contributed by atoms with Crippen LogP contribution in [-0.2, 0) is 13.0 Å². The van der Waals surface area contributed by atoms with Gasteiger partial charge in [-0.05, 0) is 65.0 Å². The van der Waals surface area contributed by atoms with Crippen molar-refractivity contribution in [3.05, 3.63) is 52.1 Å². The van der Waals surface area contributed by atoms with Gasteiger partial charge in [-0.2, -0.15) is 0 Å². The van der Waals surface area contributed by atoms with Crippen LogP contribution in [0.2, 0.25) is 0 Å². The van der Waals surface area contributed by atoms with Crippen LogP contribution in [0.25, 0.3) is 5.69 Å². The molecule has 26 heavy (non-hydrogen) atoms. The third-order valence-corrected chi connectivity index (χ3v) is 5.02. The van der Waals surface area contributed by atoms with Crippen LogP contribution in [0, 0.1) is 20.8 Å². The number of rotatable bonds is 6. The zero-order chi connectivity index (χ0) is 18.8. The first-order chi connectivity index (χ1) is 12.4. The molecule has 138 valence electrons. The highest BCUT2D eigenvalue weighted by molar-refractivity contribution is 5.92. The minimum Gasteiger partial charge on any atom is -0.287 e. The Balaban J connectivity index is 1.98. The fourth-order valence-corrected chi connectivity index (χ4v) is 3.96. The molecule has 0 aliphatic carbocycles. The van der Waals surface area contributed by atoms with Gasteiger partial charge in [0.2, 0.25) is 5.78 Å². The number of aryl methyl sites for hydroxylation is 4. The lowest BCUT2D eigenvalue weighted by molar-refractivity contribution is -0.693. The number of hydrogen-bond acceptors (Lipinski definition) is 2. The number of allylic oxidation sites excluding steroid dienone is 2. The van der Waals surface area contributed by atoms with E-state index in [1.54, 1.807) is 0 Å². The molecule has 0 bridgehead atoms. The number of hydrogen-bond donors (Lipinski definition) is 0. The molecule has 1 aromatic heterocycles. The molecule has 4 heteroatoms. The average Bonchev–Trinajstić information content (AvgIpc) is 3.11. The Kier molecular flexibility index (Phi) is 5.40. The first-order valence-corrected chi connectivity index (χ1v) is 9.65. The minimum atomic E-state index is 0.201. The average molecular weight is 353 g/mol. The van der Waals surface area contributed by atoms with Gasteiger partial charge in [0.1, 0.15) is 5.69 Å². The van der Waals surface area contributed by atoms with E-state index in [0.29, 0.717) is 6.42 Å². The molecule has 2 aromatic rings. The monoisotopic (exact) mass is 352 g/mol. The van der Waals surface area contributed by atoms with Gasteiger partial charge >= 0.3 is 5.82 Å². The van der Waals surface area contributed by atoms with Crippen molar-refractivity contribution in [2.75, 3.05) is 0 Å². The van der Waals surface area contributed by atoms with Gasteiger partial charge in [0.25, 0.3) is 5.82 Å². The van der Waals surface area contributed by atoms with Crippen molar-refractivity contribution in [3.63, 3.8) is 0 Å². The second kappa shape index (κ2) is 7.56. The highest BCUT2D eigenvalue weighted by Crippen LogP contribution is 2.23. The molecule has 1 aromatic carbocycles. The van der Waals surface area contributed by atoms with E-state index < -0.39 is 0 Å². The third kappa shape index (κ3) is 3.64. The predicted octanol–water partition coefficient (Wildman–Crippen LogP) is 4.35. The van der Waals surface area contributed by atoms with Crippen molar-refractivity contribution < 1.29 is 9.36 Å². The van der Waals surface area contributed by atoms with Crippen LogP contribution in [0.5, 0.6) is 0 Å². The smallest absolute Gasteiger partial charge is 0.287 e. The number of ketones is 1. The van der Waals surface area contributed by atoms with Gasteiger partial charge in [0, 0.05) is 17.9 Å². The highest BCUT2D eigenvalue weighted by atomic mass is 16.1. The maximum atomic E-state index is 13.1. The lowest BCUT2D eigenvalue weighted by atomic mass is 10.0. The Morgan fingerprint density at radius 2 is 1.92 bits per heavy atom. The van der Waals surface area contributed by atoms with Crippen LogP contribution < -0.4 is 4.57 Å². The molecule has 0 saturated carbocycles. The van der Waals surface area contributed by atoms with Crippen molar-refractivity contribution in [2.24, 2.45) is 0 Å². The van der Waals surface area contributed by atoms with Crippen molar-refractivity contribution >= 4 is 5.78 Å². The van der Waals surface area contributed by atoms with E-state index in [4.69, 9.17) is 5.10 Å². The van der Waals surface area contributed by atoms with Gasteiger partial charge in [0.05, 0.1) is 6.54 Å². The molecule has 0 N–H and O–H groups in total. The molecule has 0 spiro atoms. The Morgan fingerprint density at radius 3 is 2.58 bits per heavy atom. The Bertz CT molecular complexity index is 847. The van der Waals surface area contributed by atoms with Crippen molar-refractivity contribution in [1.82, 2.24) is 9.78 Å². The summed E-state index contributed by atoms with van der Waals surface area (Å²) in [6.45, 7) is 11.4. The van der Waals surface area contributed by atoms with Gasteiger partial charge in [-0.15, -0.1) is 0 Å². The Hall–Kier alpha value is -2.23. The molecule has 0 fully saturated rings. The second-order valence-electron chi connectivity index (χ2n) is 7.75. The fraction of sp³-hybridized carbons (Fsp3) is 0.500. The van der Waals surface area contributed by atoms with Crippen LogP contribution in [0.4, 0.5) is 0 Å². The standard InChI is InChI=1S/C22H30N3O/c1-15(2)9-6-7-10-19(26)22-24-12-8-11-20(24)23-25(22)21-17(4)13-16(3)14-18(21)5/h9,13-14H,6-8,10-12H2,1-5H3/q+1. The van der Waals surface area contributed by atoms with E-state index >= 15 is 0 Å². The maximum absolute atomic E-state index is 13.1. The van der Waals surface area contributed by atoms with Crippen LogP contribution in [-0.4, -0.2) is 15.6 Å². The topological polar surface area (TPSA) is 38.8 Å². The number of carbonyl (C=O) groups is 1. The van der Waals surface area contributed by atoms with E-state index in [9.17, 15) is 4.79 Å². The van der Waals surface area contributed by atoms with E-state index in [1.165, 1.54) is 22.3 Å². The summed E-state index contributed by atoms with van der Waals surface area (Å²) >= 11 is 0. The molecule has 0 radical (unpaired) electrons. The number of nitrogens with zero attached hydrogens (tertiary/aromatic N) is 3. The lowest BCUT2D eigenvalue weighted by Crippen LogP contribution is -2.39. The first-order valence-electron chi connectivity index (χ1n) is 9.65. The van der Waals surface area contributed by atoms with E-state index in [-0.39, 0.29) is 5.78 Å². The van der Waals surface area contributed by atoms with Gasteiger partial charge in [-0.25, -0.2) is 4.57 Å². The van der Waals surface area contributed by atoms with Gasteiger partial charge in [-0.1, -0.05) is 34.0 Å². The normalized spacial score (nSPS) is 13.0. The number of carbonyl (C=O) groups excluding carboxylic acids is 1. The molecular weight excluding hydrogens is 322 g/mol. The third-order valence-electron chi connectivity index (χ3n) is 5.02. The number of unbranched alkanes of at least 4 members (excludes halogenated alkanes) is 1. The van der Waals surface area contributed by atoms with E-state index in [0.717, 1.165) is 49.6 Å². The molecule has 1 aliphatic rings. The summed E-state index contributed by atoms with van der Waals surface area (Å²) in [6, 6.07) is 4.34. The Labute approximate surface area is 156 Å². The first kappa shape index (κ1) is 18.6. The number of fused-ring (bicyclic) bond motifs is 1. The summed E-state index contributed by atoms with van der Waals surface area (Å²) in [4.78, 5) is 13.1. The molecular formula is C22H30N3O+. The highest BCUT2D eigenvalue weighted by Gasteiger charge is 2.35. The van der Waals surface area contributed by atoms with E-state index in [1.807, 2.05) is 4.68 Å². The molecule has 3 rings (SSSR count). The molecule has 4 nitrogen and oxygen atoms in total. The molecule has 0 saturated heterocycles. The van der Waals surface area contributed by atoms with Crippen LogP contribution >= 0.6 is 0 Å². The summed E-state index contributed by atoms with van der Waals surface area (Å²) in [5.41, 5.74) is 5.95. The predicted molar refractivity (Wildman–Crippen MR) is 104 cm³/mol. The number of Topliss-reactive ketones (excluding diaryl/α,β-unsaturated/α-hetero) is 1. The van der Waals surface area contributed by atoms with Gasteiger partial charge in [0.15, 0.2) is 0 Å². The summed E-state index contributed by atoms with van der Waals surface area (Å²) in [7, 11) is 0. The van der Waals surface area contributed by atoms with Crippen LogP contribution in [0.3, 0.4) is 0 Å². The van der Waals surface area contributed by atoms with Crippen LogP contribution in [0.15, 0.2) is 23.8 Å². The molecule has 2 heterocycles. The SMILES string of the molecule is CC(C)=CCCCC(=O)c1n(-c2c(C)cc(C)cc2C)nc2[n+]1CCC2. The fourth-order valence-electron chi connectivity index (χ4n) is 3.96. The van der Waals surface area contributed by atoms with Crippen LogP contribution in [0.1, 0.15) is 72.7 Å². The van der Waals surface area contributed by atoms with Crippen molar-refractivity contribution in [3.8, 4) is 5.69 Å². The minimum absolute atomic E-state index is 0.201. The molecule has 0 unspecified atom stereocenters. The summed E-state index contributed by atoms with van der Waals surface area (Å²) in [5, 5.41) is 4.84. The second-order valence-corrected chi connectivity index (χ2v) is 7.75. The zero-order valence-electron chi connectivity index (χ0n) is 16.7. The van der Waals surface area contributed by atoms with Crippen molar-refractivity contribution in [2.45, 2.75) is 73.3 Å². The van der Waals surface area contributed by atoms with Gasteiger partial charge in [-0.3, -0.25) is 4.79 Å². The molecule has 1 aliphatic heterocycles. The quantitative estimate of drug-likeness (QED) is 0.335. The number of benzene rings is 1. The largest absolute Gasteiger partial charge is 0.309 e. The summed E-state index contributed by atoms with van der Waals surface area (Å²) < 4.78 is 4.06. The number of aromatic nitrogens is 3. The zero-order valence-corrected chi connectivity index (χ0v) is 16.7. The summed E-state index contributed by atoms with van der Waals surface area (Å²) in [5.74, 6) is 1.99. The van der Waals surface area contributed by atoms with Gasteiger partial charge < -0.3 is 0 Å². The molecule has 0 atom stereocenters. The maximum Gasteiger partial charge on any atom is 0.309 e. The van der Waals surface area contributed by atoms with Crippen molar-refractivity contribution in [1.29, 1.82) is 0 Å². The van der Waals surface area contributed by atoms with E-state index in [2.05, 4.69) is 57.4 Å². The summed E-state index contributed by atoms with van der Waals surface area (Å²) in [6.07, 6.45) is 6.64. The Morgan fingerprint density at radius 1 is 1.23 bits per heavy atom.